The second-order valence-corrected chi connectivity index (χ2v) is 7.48. The summed E-state index contributed by atoms with van der Waals surface area (Å²) in [5.74, 6) is 1.08. The third kappa shape index (κ3) is 3.61. The maximum Gasteiger partial charge on any atom is 0.253 e. The Morgan fingerprint density at radius 2 is 2.00 bits per heavy atom. The van der Waals surface area contributed by atoms with Gasteiger partial charge in [0.15, 0.2) is 23.3 Å². The monoisotopic (exact) mass is 445 g/mol. The van der Waals surface area contributed by atoms with E-state index in [1.165, 1.54) is 12.4 Å². The van der Waals surface area contributed by atoms with E-state index in [0.717, 1.165) is 0 Å². The third-order valence-electron chi connectivity index (χ3n) is 5.27. The van der Waals surface area contributed by atoms with E-state index in [9.17, 15) is 4.79 Å². The van der Waals surface area contributed by atoms with Crippen molar-refractivity contribution in [2.75, 3.05) is 12.4 Å². The number of aryl methyl sites for hydroxylation is 2. The molecule has 166 valence electrons. The second-order valence-electron chi connectivity index (χ2n) is 7.48. The van der Waals surface area contributed by atoms with E-state index >= 15 is 4.39 Å². The zero-order chi connectivity index (χ0) is 23.1. The van der Waals surface area contributed by atoms with Gasteiger partial charge in [-0.05, 0) is 18.2 Å². The molecule has 0 saturated heterocycles. The molecule has 33 heavy (non-hydrogen) atoms. The minimum absolute atomic E-state index is 0.295. The fraction of sp³-hybridized carbons (Fsp3) is 0.130. The average Bonchev–Trinajstić information content (AvgIpc) is 3.54. The van der Waals surface area contributed by atoms with Gasteiger partial charge in [0.1, 0.15) is 5.82 Å². The highest BCUT2D eigenvalue weighted by Crippen LogP contribution is 2.35. The molecule has 4 aromatic heterocycles. The fourth-order valence-corrected chi connectivity index (χ4v) is 3.69. The summed E-state index contributed by atoms with van der Waals surface area (Å²) in [6.45, 7) is 1.70. The molecule has 0 aliphatic heterocycles. The summed E-state index contributed by atoms with van der Waals surface area (Å²) in [6.07, 6.45) is 4.77. The Morgan fingerprint density at radius 3 is 2.70 bits per heavy atom. The van der Waals surface area contributed by atoms with Crippen molar-refractivity contribution in [3.63, 3.8) is 0 Å². The summed E-state index contributed by atoms with van der Waals surface area (Å²) in [5, 5.41) is 10.7. The van der Waals surface area contributed by atoms with E-state index < -0.39 is 5.82 Å². The quantitative estimate of drug-likeness (QED) is 0.374. The summed E-state index contributed by atoms with van der Waals surface area (Å²) in [6, 6.07) is 8.56. The number of carbonyl (C=O) groups is 1. The van der Waals surface area contributed by atoms with Crippen LogP contribution in [-0.2, 0) is 7.05 Å². The molecule has 5 aromatic rings. The molecule has 0 radical (unpaired) electrons. The standard InChI is InChI=1S/C23H20FN7O2/c1-12-26-11-18(33-12)14-6-4-5-13(20(14)24)17-9-15-16(23(32)25-2)10-27-22(21(15)28-17)29-19-7-8-31(3)30-19/h4-11,28H,1-3H3,(H,25,32)(H,27,29,30). The van der Waals surface area contributed by atoms with Crippen LogP contribution in [0.25, 0.3) is 33.5 Å². The van der Waals surface area contributed by atoms with E-state index in [0.29, 0.717) is 56.6 Å². The van der Waals surface area contributed by atoms with Crippen molar-refractivity contribution >= 4 is 28.4 Å². The van der Waals surface area contributed by atoms with Crippen molar-refractivity contribution in [3.05, 3.63) is 66.2 Å². The molecule has 1 amide bonds. The molecule has 0 saturated carbocycles. The Hall–Kier alpha value is -4.47. The number of amides is 1. The first-order chi connectivity index (χ1) is 15.9. The van der Waals surface area contributed by atoms with Gasteiger partial charge in [0, 0.05) is 56.1 Å². The SMILES string of the molecule is CNC(=O)c1cnc(Nc2ccn(C)n2)c2[nH]c(-c3cccc(-c4cnc(C)o4)c3F)cc12. The van der Waals surface area contributed by atoms with Crippen LogP contribution in [0.15, 0.2) is 53.3 Å². The second kappa shape index (κ2) is 7.90. The van der Waals surface area contributed by atoms with E-state index in [-0.39, 0.29) is 5.91 Å². The average molecular weight is 445 g/mol. The van der Waals surface area contributed by atoms with Gasteiger partial charge >= 0.3 is 0 Å². The number of H-pyrrole nitrogens is 1. The van der Waals surface area contributed by atoms with Crippen LogP contribution in [0.5, 0.6) is 0 Å². The zero-order valence-electron chi connectivity index (χ0n) is 18.1. The molecule has 5 rings (SSSR count). The van der Waals surface area contributed by atoms with Crippen molar-refractivity contribution in [3.8, 4) is 22.6 Å². The maximum atomic E-state index is 15.5. The lowest BCUT2D eigenvalue weighted by Gasteiger charge is -2.07. The molecule has 0 atom stereocenters. The summed E-state index contributed by atoms with van der Waals surface area (Å²) >= 11 is 0. The third-order valence-corrected chi connectivity index (χ3v) is 5.27. The van der Waals surface area contributed by atoms with Gasteiger partial charge in [-0.25, -0.2) is 14.4 Å². The highest BCUT2D eigenvalue weighted by atomic mass is 19.1. The van der Waals surface area contributed by atoms with Gasteiger partial charge in [-0.3, -0.25) is 9.48 Å². The van der Waals surface area contributed by atoms with E-state index in [1.54, 1.807) is 62.2 Å². The molecule has 4 heterocycles. The molecule has 0 fully saturated rings. The van der Waals surface area contributed by atoms with Gasteiger partial charge in [-0.15, -0.1) is 0 Å². The van der Waals surface area contributed by atoms with Crippen LogP contribution in [0, 0.1) is 12.7 Å². The molecule has 1 aromatic carbocycles. The number of hydrogen-bond acceptors (Lipinski definition) is 6. The number of fused-ring (bicyclic) bond motifs is 1. The van der Waals surface area contributed by atoms with Crippen LogP contribution < -0.4 is 10.6 Å². The van der Waals surface area contributed by atoms with Crippen molar-refractivity contribution in [1.29, 1.82) is 0 Å². The number of aromatic nitrogens is 5. The number of anilines is 2. The Labute approximate surface area is 187 Å². The van der Waals surface area contributed by atoms with Crippen LogP contribution >= 0.6 is 0 Å². The number of pyridine rings is 1. The van der Waals surface area contributed by atoms with E-state index in [2.05, 4.69) is 30.7 Å². The predicted octanol–water partition coefficient (Wildman–Crippen LogP) is 4.17. The van der Waals surface area contributed by atoms with Crippen LogP contribution in [0.3, 0.4) is 0 Å². The fourth-order valence-electron chi connectivity index (χ4n) is 3.69. The van der Waals surface area contributed by atoms with Gasteiger partial charge in [0.2, 0.25) is 0 Å². The first-order valence-electron chi connectivity index (χ1n) is 10.2. The molecular weight excluding hydrogens is 425 g/mol. The Balaban J connectivity index is 1.67. The largest absolute Gasteiger partial charge is 0.441 e. The number of halogens is 1. The highest BCUT2D eigenvalue weighted by Gasteiger charge is 2.20. The number of carbonyl (C=O) groups excluding carboxylic acids is 1. The van der Waals surface area contributed by atoms with Crippen LogP contribution in [0.4, 0.5) is 16.0 Å². The number of aromatic amines is 1. The predicted molar refractivity (Wildman–Crippen MR) is 122 cm³/mol. The van der Waals surface area contributed by atoms with Gasteiger partial charge in [-0.1, -0.05) is 6.07 Å². The Morgan fingerprint density at radius 1 is 1.18 bits per heavy atom. The lowest BCUT2D eigenvalue weighted by molar-refractivity contribution is 0.0964. The van der Waals surface area contributed by atoms with Crippen LogP contribution in [0.1, 0.15) is 16.2 Å². The molecule has 0 bridgehead atoms. The summed E-state index contributed by atoms with van der Waals surface area (Å²) in [5.41, 5.74) is 2.02. The summed E-state index contributed by atoms with van der Waals surface area (Å²) < 4.78 is 22.7. The molecule has 0 aliphatic carbocycles. The minimum Gasteiger partial charge on any atom is -0.441 e. The van der Waals surface area contributed by atoms with Crippen molar-refractivity contribution in [2.45, 2.75) is 6.92 Å². The van der Waals surface area contributed by atoms with Crippen molar-refractivity contribution < 1.29 is 13.6 Å². The van der Waals surface area contributed by atoms with Gasteiger partial charge in [0.05, 0.1) is 22.8 Å². The molecule has 0 aliphatic rings. The van der Waals surface area contributed by atoms with Crippen LogP contribution in [0.2, 0.25) is 0 Å². The smallest absolute Gasteiger partial charge is 0.253 e. The molecule has 3 N–H and O–H groups in total. The highest BCUT2D eigenvalue weighted by molar-refractivity contribution is 6.09. The Kier molecular flexibility index (Phi) is 4.89. The van der Waals surface area contributed by atoms with Crippen molar-refractivity contribution in [2.24, 2.45) is 7.05 Å². The number of rotatable bonds is 5. The summed E-state index contributed by atoms with van der Waals surface area (Å²) in [7, 11) is 3.35. The first-order valence-corrected chi connectivity index (χ1v) is 10.2. The van der Waals surface area contributed by atoms with E-state index in [1.807, 2.05) is 0 Å². The molecule has 0 spiro atoms. The van der Waals surface area contributed by atoms with Crippen molar-refractivity contribution in [1.82, 2.24) is 30.0 Å². The normalized spacial score (nSPS) is 11.2. The lowest BCUT2D eigenvalue weighted by Crippen LogP contribution is -2.18. The van der Waals surface area contributed by atoms with Gasteiger partial charge in [-0.2, -0.15) is 5.10 Å². The molecular formula is C23H20FN7O2. The summed E-state index contributed by atoms with van der Waals surface area (Å²) in [4.78, 5) is 24.1. The zero-order valence-corrected chi connectivity index (χ0v) is 18.1. The number of hydrogen-bond donors (Lipinski definition) is 3. The molecule has 0 unspecified atom stereocenters. The minimum atomic E-state index is -0.464. The van der Waals surface area contributed by atoms with E-state index in [4.69, 9.17) is 4.42 Å². The number of nitrogens with zero attached hydrogens (tertiary/aromatic N) is 4. The topological polar surface area (TPSA) is 114 Å². The first kappa shape index (κ1) is 20.4. The van der Waals surface area contributed by atoms with Gasteiger partial charge < -0.3 is 20.0 Å². The molecule has 10 heteroatoms. The molecule has 9 nitrogen and oxygen atoms in total. The van der Waals surface area contributed by atoms with Gasteiger partial charge in [0.25, 0.3) is 5.91 Å². The Bertz CT molecular complexity index is 1500. The lowest BCUT2D eigenvalue weighted by atomic mass is 10.0. The maximum absolute atomic E-state index is 15.5. The van der Waals surface area contributed by atoms with Crippen LogP contribution in [-0.4, -0.2) is 37.7 Å². The number of oxazole rings is 1. The number of benzene rings is 1. The number of nitrogens with one attached hydrogen (secondary N) is 3.